The summed E-state index contributed by atoms with van der Waals surface area (Å²) in [6.07, 6.45) is 26.1. The average Bonchev–Trinajstić information content (AvgIpc) is 2.56. The maximum atomic E-state index is 10.4. The molecule has 0 aliphatic heterocycles. The van der Waals surface area contributed by atoms with Crippen molar-refractivity contribution in [3.63, 3.8) is 0 Å². The molecule has 0 aromatic heterocycles. The van der Waals surface area contributed by atoms with Crippen LogP contribution in [0.3, 0.4) is 0 Å². The summed E-state index contributed by atoms with van der Waals surface area (Å²) >= 11 is 0. The minimum atomic E-state index is -0.651. The Morgan fingerprint density at radius 1 is 0.500 bits per heavy atom. The lowest BCUT2D eigenvalue weighted by molar-refractivity contribution is -0.137. The molecule has 0 aromatic carbocycles. The van der Waals surface area contributed by atoms with E-state index in [1.165, 1.54) is 109 Å². The predicted molar refractivity (Wildman–Crippen MR) is 106 cm³/mol. The molecule has 0 aliphatic rings. The van der Waals surface area contributed by atoms with Crippen molar-refractivity contribution >= 4 is 5.97 Å². The second kappa shape index (κ2) is 20.5. The summed E-state index contributed by atoms with van der Waals surface area (Å²) < 4.78 is 0. The molecule has 0 unspecified atom stereocenters. The highest BCUT2D eigenvalue weighted by Gasteiger charge is 1.97. The van der Waals surface area contributed by atoms with Gasteiger partial charge in [0.1, 0.15) is 0 Å². The number of carboxylic acids is 1. The van der Waals surface area contributed by atoms with Gasteiger partial charge < -0.3 is 5.11 Å². The van der Waals surface area contributed by atoms with E-state index in [0.29, 0.717) is 6.42 Å². The standard InChI is InChI=1S/C22H44O2/c1-2-3-4-5-6-7-8-9-10-11-12-13-14-15-16-17-18-19-20-21-22(23)24/h2-21H2,1H3,(H,23,24)/i22+1. The highest BCUT2D eigenvalue weighted by Crippen LogP contribution is 2.14. The Morgan fingerprint density at radius 3 is 1.00 bits per heavy atom. The fraction of sp³-hybridized carbons (Fsp3) is 0.955. The molecule has 0 radical (unpaired) electrons. The Kier molecular flexibility index (Phi) is 20.1. The van der Waals surface area contributed by atoms with Crippen molar-refractivity contribution in [1.29, 1.82) is 0 Å². The zero-order valence-corrected chi connectivity index (χ0v) is 16.5. The van der Waals surface area contributed by atoms with Gasteiger partial charge in [-0.1, -0.05) is 122 Å². The zero-order chi connectivity index (χ0) is 17.7. The third-order valence-electron chi connectivity index (χ3n) is 4.99. The van der Waals surface area contributed by atoms with Gasteiger partial charge in [-0.05, 0) is 6.42 Å². The summed E-state index contributed by atoms with van der Waals surface area (Å²) in [6.45, 7) is 2.28. The molecule has 0 amide bonds. The minimum Gasteiger partial charge on any atom is -0.481 e. The van der Waals surface area contributed by atoms with Crippen LogP contribution in [0.5, 0.6) is 0 Å². The highest BCUT2D eigenvalue weighted by molar-refractivity contribution is 5.66. The van der Waals surface area contributed by atoms with Gasteiger partial charge in [-0.15, -0.1) is 0 Å². The van der Waals surface area contributed by atoms with E-state index in [4.69, 9.17) is 5.11 Å². The van der Waals surface area contributed by atoms with Crippen molar-refractivity contribution < 1.29 is 9.90 Å². The quantitative estimate of drug-likeness (QED) is 0.180. The van der Waals surface area contributed by atoms with Gasteiger partial charge >= 0.3 is 5.97 Å². The van der Waals surface area contributed by atoms with Crippen molar-refractivity contribution in [2.24, 2.45) is 0 Å². The van der Waals surface area contributed by atoms with Crippen molar-refractivity contribution in [1.82, 2.24) is 0 Å². The van der Waals surface area contributed by atoms with E-state index in [-0.39, 0.29) is 0 Å². The van der Waals surface area contributed by atoms with Crippen LogP contribution in [0.2, 0.25) is 0 Å². The van der Waals surface area contributed by atoms with Gasteiger partial charge in [-0.2, -0.15) is 0 Å². The Hall–Kier alpha value is -0.530. The van der Waals surface area contributed by atoms with Crippen molar-refractivity contribution in [2.75, 3.05) is 0 Å². The Morgan fingerprint density at radius 2 is 0.750 bits per heavy atom. The number of aliphatic carboxylic acids is 1. The summed E-state index contributed by atoms with van der Waals surface area (Å²) in [5.41, 5.74) is 0. The van der Waals surface area contributed by atoms with Gasteiger partial charge in [0.25, 0.3) is 0 Å². The molecule has 2 heteroatoms. The summed E-state index contributed by atoms with van der Waals surface area (Å²) in [5, 5.41) is 8.56. The molecule has 0 heterocycles. The molecule has 144 valence electrons. The normalized spacial score (nSPS) is 11.0. The first-order valence-electron chi connectivity index (χ1n) is 11.0. The van der Waals surface area contributed by atoms with Crippen molar-refractivity contribution in [3.05, 3.63) is 0 Å². The van der Waals surface area contributed by atoms with Gasteiger partial charge in [0.05, 0.1) is 0 Å². The molecule has 0 aliphatic carbocycles. The second-order valence-electron chi connectivity index (χ2n) is 7.51. The lowest BCUT2D eigenvalue weighted by atomic mass is 10.0. The molecule has 24 heavy (non-hydrogen) atoms. The molecular weight excluding hydrogens is 297 g/mol. The fourth-order valence-corrected chi connectivity index (χ4v) is 3.35. The van der Waals surface area contributed by atoms with E-state index < -0.39 is 5.97 Å². The average molecular weight is 342 g/mol. The van der Waals surface area contributed by atoms with Gasteiger partial charge in [-0.25, -0.2) is 0 Å². The molecular formula is C22H44O2. The first-order valence-corrected chi connectivity index (χ1v) is 11.0. The number of carbonyl (C=O) groups is 1. The van der Waals surface area contributed by atoms with E-state index in [0.717, 1.165) is 12.8 Å². The lowest BCUT2D eigenvalue weighted by Gasteiger charge is -2.03. The van der Waals surface area contributed by atoms with E-state index in [1.807, 2.05) is 0 Å². The third-order valence-corrected chi connectivity index (χ3v) is 4.99. The summed E-state index contributed by atoms with van der Waals surface area (Å²) in [4.78, 5) is 10.4. The molecule has 1 N–H and O–H groups in total. The van der Waals surface area contributed by atoms with Gasteiger partial charge in [0.2, 0.25) is 0 Å². The molecule has 0 saturated carbocycles. The lowest BCUT2D eigenvalue weighted by Crippen LogP contribution is -1.93. The molecule has 0 fully saturated rings. The van der Waals surface area contributed by atoms with E-state index >= 15 is 0 Å². The monoisotopic (exact) mass is 341 g/mol. The fourth-order valence-electron chi connectivity index (χ4n) is 3.35. The molecule has 0 aromatic rings. The van der Waals surface area contributed by atoms with Crippen LogP contribution in [-0.2, 0) is 4.79 Å². The molecule has 0 atom stereocenters. The molecule has 0 rings (SSSR count). The molecule has 0 spiro atoms. The predicted octanol–water partition coefficient (Wildman–Crippen LogP) is 7.89. The number of unbranched alkanes of at least 4 members (excludes halogenated alkanes) is 18. The molecule has 2 nitrogen and oxygen atoms in total. The van der Waals surface area contributed by atoms with Crippen LogP contribution in [0.4, 0.5) is 0 Å². The number of rotatable bonds is 20. The maximum absolute atomic E-state index is 10.4. The van der Waals surface area contributed by atoms with Crippen LogP contribution >= 0.6 is 0 Å². The van der Waals surface area contributed by atoms with Crippen molar-refractivity contribution in [3.8, 4) is 0 Å². The highest BCUT2D eigenvalue weighted by atomic mass is 16.5. The Bertz CT molecular complexity index is 250. The van der Waals surface area contributed by atoms with E-state index in [1.54, 1.807) is 0 Å². The van der Waals surface area contributed by atoms with Gasteiger partial charge in [0, 0.05) is 6.42 Å². The topological polar surface area (TPSA) is 37.3 Å². The number of carboxylic acid groups (broad SMARTS) is 1. The summed E-state index contributed by atoms with van der Waals surface area (Å²) in [5.74, 6) is -0.651. The van der Waals surface area contributed by atoms with E-state index in [2.05, 4.69) is 6.92 Å². The van der Waals surface area contributed by atoms with Crippen LogP contribution in [0, 0.1) is 0 Å². The SMILES string of the molecule is CCCCCCCCCCCCCCCCCCCCC[13C](=O)O. The van der Waals surface area contributed by atoms with E-state index in [9.17, 15) is 4.79 Å². The first kappa shape index (κ1) is 23.5. The van der Waals surface area contributed by atoms with Gasteiger partial charge in [-0.3, -0.25) is 4.79 Å². The van der Waals surface area contributed by atoms with Crippen LogP contribution < -0.4 is 0 Å². The Labute approximate surface area is 151 Å². The minimum absolute atomic E-state index is 0.346. The zero-order valence-electron chi connectivity index (χ0n) is 16.5. The Balaban J connectivity index is 2.97. The molecule has 0 saturated heterocycles. The second-order valence-corrected chi connectivity index (χ2v) is 7.51. The van der Waals surface area contributed by atoms with Gasteiger partial charge in [0.15, 0.2) is 0 Å². The number of hydrogen-bond acceptors (Lipinski definition) is 1. The third kappa shape index (κ3) is 21.5. The van der Waals surface area contributed by atoms with Crippen molar-refractivity contribution in [2.45, 2.75) is 135 Å². The summed E-state index contributed by atoms with van der Waals surface area (Å²) in [7, 11) is 0. The first-order chi connectivity index (χ1) is 11.8. The summed E-state index contributed by atoms with van der Waals surface area (Å²) in [6, 6.07) is 0. The number of hydrogen-bond donors (Lipinski definition) is 1. The van der Waals surface area contributed by atoms with Crippen LogP contribution in [0.25, 0.3) is 0 Å². The van der Waals surface area contributed by atoms with Crippen LogP contribution in [-0.4, -0.2) is 11.1 Å². The maximum Gasteiger partial charge on any atom is 0.303 e. The van der Waals surface area contributed by atoms with Crippen LogP contribution in [0.15, 0.2) is 0 Å². The molecule has 0 bridgehead atoms. The van der Waals surface area contributed by atoms with Crippen LogP contribution in [0.1, 0.15) is 135 Å². The largest absolute Gasteiger partial charge is 0.481 e. The smallest absolute Gasteiger partial charge is 0.303 e.